The Morgan fingerprint density at radius 1 is 1.19 bits per heavy atom. The monoisotopic (exact) mass is 519 g/mol. The number of ether oxygens (including phenoxy) is 1. The molecule has 1 aromatic carbocycles. The molecule has 3 aliphatic rings. The summed E-state index contributed by atoms with van der Waals surface area (Å²) in [7, 11) is 4.25. The van der Waals surface area contributed by atoms with Gasteiger partial charge in [0.1, 0.15) is 16.6 Å². The Morgan fingerprint density at radius 2 is 1.95 bits per heavy atom. The number of rotatable bonds is 4. The van der Waals surface area contributed by atoms with Crippen molar-refractivity contribution in [3.05, 3.63) is 40.7 Å². The van der Waals surface area contributed by atoms with E-state index < -0.39 is 11.6 Å². The van der Waals surface area contributed by atoms with Gasteiger partial charge in [-0.15, -0.1) is 11.3 Å². The molecule has 1 saturated heterocycles. The first-order chi connectivity index (χ1) is 17.8. The summed E-state index contributed by atoms with van der Waals surface area (Å²) >= 11 is 0.958. The van der Waals surface area contributed by atoms with E-state index in [1.54, 1.807) is 6.20 Å². The smallest absolute Gasteiger partial charge is 0.225 e. The summed E-state index contributed by atoms with van der Waals surface area (Å²) in [4.78, 5) is 17.9. The van der Waals surface area contributed by atoms with Gasteiger partial charge in [0.15, 0.2) is 11.6 Å². The first-order valence-electron chi connectivity index (χ1n) is 12.1. The molecule has 2 N–H and O–H groups in total. The van der Waals surface area contributed by atoms with E-state index in [0.29, 0.717) is 22.8 Å². The Hall–Kier alpha value is -3.46. The summed E-state index contributed by atoms with van der Waals surface area (Å²) in [6.07, 6.45) is 5.10. The van der Waals surface area contributed by atoms with Gasteiger partial charge in [-0.3, -0.25) is 4.98 Å². The van der Waals surface area contributed by atoms with Gasteiger partial charge in [-0.05, 0) is 38.1 Å². The minimum Gasteiger partial charge on any atom is -0.389 e. The molecule has 5 heterocycles. The van der Waals surface area contributed by atoms with Crippen LogP contribution < -0.4 is 10.6 Å². The number of thiophene rings is 1. The number of fused-ring (bicyclic) bond motifs is 4. The molecule has 8 nitrogen and oxygen atoms in total. The number of pyridine rings is 1. The van der Waals surface area contributed by atoms with E-state index in [1.165, 1.54) is 12.8 Å². The largest absolute Gasteiger partial charge is 0.389 e. The molecule has 4 aromatic rings. The summed E-state index contributed by atoms with van der Waals surface area (Å²) in [5.41, 5.74) is 8.28. The fourth-order valence-corrected chi connectivity index (χ4v) is 6.94. The van der Waals surface area contributed by atoms with Crippen molar-refractivity contribution < 1.29 is 13.5 Å². The maximum Gasteiger partial charge on any atom is 0.225 e. The van der Waals surface area contributed by atoms with Crippen molar-refractivity contribution >= 4 is 43.3 Å². The van der Waals surface area contributed by atoms with E-state index in [4.69, 9.17) is 10.5 Å². The zero-order valence-electron chi connectivity index (χ0n) is 20.3. The van der Waals surface area contributed by atoms with E-state index in [2.05, 4.69) is 38.8 Å². The van der Waals surface area contributed by atoms with Gasteiger partial charge < -0.3 is 20.3 Å². The lowest BCUT2D eigenvalue weighted by molar-refractivity contribution is 0.135. The predicted molar refractivity (Wildman–Crippen MR) is 137 cm³/mol. The van der Waals surface area contributed by atoms with Crippen LogP contribution in [0.5, 0.6) is 0 Å². The number of nitrogens with zero attached hydrogens (tertiary/aromatic N) is 6. The Bertz CT molecular complexity index is 1670. The number of anilines is 2. The number of nitrogen functional groups attached to an aromatic ring is 1. The average molecular weight is 520 g/mol. The third-order valence-corrected chi connectivity index (χ3v) is 9.34. The quantitative estimate of drug-likeness (QED) is 0.428. The second-order valence-corrected chi connectivity index (χ2v) is 11.3. The minimum atomic E-state index is -0.603. The van der Waals surface area contributed by atoms with Crippen LogP contribution in [-0.2, 0) is 18.0 Å². The van der Waals surface area contributed by atoms with Crippen LogP contribution in [0.1, 0.15) is 29.5 Å². The average Bonchev–Trinajstić information content (AvgIpc) is 3.36. The number of nitrogens with two attached hydrogens (primary N) is 1. The fourth-order valence-electron chi connectivity index (χ4n) is 6.02. The molecule has 0 unspecified atom stereocenters. The molecule has 7 rings (SSSR count). The summed E-state index contributed by atoms with van der Waals surface area (Å²) in [5, 5.41) is 10.7. The van der Waals surface area contributed by atoms with Gasteiger partial charge in [0.25, 0.3) is 0 Å². The molecule has 37 heavy (non-hydrogen) atoms. The number of aromatic nitrogens is 3. The van der Waals surface area contributed by atoms with E-state index in [0.717, 1.165) is 36.2 Å². The van der Waals surface area contributed by atoms with E-state index in [-0.39, 0.29) is 56.2 Å². The molecule has 0 spiro atoms. The molecular weight excluding hydrogens is 496 g/mol. The Balaban J connectivity index is 1.38. The summed E-state index contributed by atoms with van der Waals surface area (Å²) < 4.78 is 36.9. The SMILES string of the molecule is CN(C)C1(C2CN(c3ncc4c5c(c(-c6ncc(F)c7sc(N)c(C#N)c67)c(F)c4n3)COC5)C2)CC1. The molecule has 1 aliphatic carbocycles. The van der Waals surface area contributed by atoms with Crippen molar-refractivity contribution in [2.75, 3.05) is 37.8 Å². The zero-order valence-corrected chi connectivity index (χ0v) is 21.1. The summed E-state index contributed by atoms with van der Waals surface area (Å²) in [6.45, 7) is 2.10. The van der Waals surface area contributed by atoms with Gasteiger partial charge in [0.05, 0.1) is 35.4 Å². The fraction of sp³-hybridized carbons (Fsp3) is 0.385. The van der Waals surface area contributed by atoms with Crippen molar-refractivity contribution in [2.45, 2.75) is 31.6 Å². The van der Waals surface area contributed by atoms with Crippen molar-refractivity contribution in [2.24, 2.45) is 5.92 Å². The van der Waals surface area contributed by atoms with E-state index >= 15 is 4.39 Å². The second-order valence-electron chi connectivity index (χ2n) is 10.3. The highest BCUT2D eigenvalue weighted by molar-refractivity contribution is 7.23. The molecule has 1 saturated carbocycles. The molecule has 11 heteroatoms. The van der Waals surface area contributed by atoms with Gasteiger partial charge >= 0.3 is 0 Å². The van der Waals surface area contributed by atoms with Crippen LogP contribution in [0.3, 0.4) is 0 Å². The second kappa shape index (κ2) is 7.77. The van der Waals surface area contributed by atoms with Crippen molar-refractivity contribution in [3.8, 4) is 17.3 Å². The normalized spacial score (nSPS) is 18.4. The lowest BCUT2D eigenvalue weighted by Crippen LogP contribution is -2.57. The van der Waals surface area contributed by atoms with Gasteiger partial charge in [0.2, 0.25) is 5.95 Å². The van der Waals surface area contributed by atoms with Crippen LogP contribution in [0, 0.1) is 28.9 Å². The molecule has 3 aromatic heterocycles. The van der Waals surface area contributed by atoms with Crippen molar-refractivity contribution in [1.82, 2.24) is 19.9 Å². The third-order valence-electron chi connectivity index (χ3n) is 8.31. The molecule has 0 radical (unpaired) electrons. The number of nitriles is 1. The van der Waals surface area contributed by atoms with E-state index in [9.17, 15) is 9.65 Å². The van der Waals surface area contributed by atoms with Crippen molar-refractivity contribution in [1.29, 1.82) is 5.26 Å². The standard InChI is InChI=1S/C26H23F2N7OS/c1-34(2)26(3-4-26)12-8-35(9-12)25-32-6-14-15-10-36-11-16(15)18(20(28)21(14)33-25)22-19-13(5-29)24(30)37-23(19)17(27)7-31-22/h6-7,12H,3-4,8-11,30H2,1-2H3. The Morgan fingerprint density at radius 3 is 2.65 bits per heavy atom. The van der Waals surface area contributed by atoms with Gasteiger partial charge in [0, 0.05) is 47.1 Å². The molecule has 0 amide bonds. The lowest BCUT2D eigenvalue weighted by Gasteiger charge is -2.46. The highest BCUT2D eigenvalue weighted by Gasteiger charge is 2.55. The topological polar surface area (TPSA) is 104 Å². The van der Waals surface area contributed by atoms with Gasteiger partial charge in [-0.1, -0.05) is 0 Å². The van der Waals surface area contributed by atoms with Crippen LogP contribution >= 0.6 is 11.3 Å². The summed E-state index contributed by atoms with van der Waals surface area (Å²) in [5.74, 6) is -0.173. The highest BCUT2D eigenvalue weighted by Crippen LogP contribution is 2.50. The van der Waals surface area contributed by atoms with Gasteiger partial charge in [-0.25, -0.2) is 18.7 Å². The minimum absolute atomic E-state index is 0.0963. The lowest BCUT2D eigenvalue weighted by atomic mass is 9.88. The van der Waals surface area contributed by atoms with Crippen molar-refractivity contribution in [3.63, 3.8) is 0 Å². The van der Waals surface area contributed by atoms with Crippen LogP contribution in [0.4, 0.5) is 19.7 Å². The Kier molecular flexibility index (Phi) is 4.77. The molecule has 2 fully saturated rings. The molecule has 2 aliphatic heterocycles. The van der Waals surface area contributed by atoms with Gasteiger partial charge in [-0.2, -0.15) is 5.26 Å². The van der Waals surface area contributed by atoms with Crippen LogP contribution in [0.15, 0.2) is 12.4 Å². The van der Waals surface area contributed by atoms with Crippen LogP contribution in [0.2, 0.25) is 0 Å². The van der Waals surface area contributed by atoms with Crippen LogP contribution in [0.25, 0.3) is 32.2 Å². The zero-order chi connectivity index (χ0) is 25.6. The molecular formula is C26H23F2N7OS. The highest BCUT2D eigenvalue weighted by atomic mass is 32.1. The first kappa shape index (κ1) is 22.7. The molecule has 0 bridgehead atoms. The summed E-state index contributed by atoms with van der Waals surface area (Å²) in [6, 6.07) is 2.04. The maximum absolute atomic E-state index is 16.4. The third kappa shape index (κ3) is 3.06. The predicted octanol–water partition coefficient (Wildman–Crippen LogP) is 4.20. The number of hydrogen-bond donors (Lipinski definition) is 1. The number of benzene rings is 1. The van der Waals surface area contributed by atoms with E-state index in [1.807, 2.05) is 6.07 Å². The first-order valence-corrected chi connectivity index (χ1v) is 12.9. The molecule has 188 valence electrons. The Labute approximate surface area is 215 Å². The molecule has 0 atom stereocenters. The van der Waals surface area contributed by atoms with Crippen LogP contribution in [-0.4, -0.2) is 52.6 Å². The number of halogens is 2. The maximum atomic E-state index is 16.4. The number of hydrogen-bond acceptors (Lipinski definition) is 9.